The Balaban J connectivity index is 1.58. The van der Waals surface area contributed by atoms with E-state index in [4.69, 9.17) is 9.97 Å². The normalized spacial score (nSPS) is 15.1. The lowest BCUT2D eigenvalue weighted by atomic mass is 10.0. The van der Waals surface area contributed by atoms with Gasteiger partial charge >= 0.3 is 0 Å². The second-order valence-electron chi connectivity index (χ2n) is 8.10. The van der Waals surface area contributed by atoms with E-state index < -0.39 is 5.92 Å². The fourth-order valence-electron chi connectivity index (χ4n) is 4.03. The molecule has 4 rings (SSSR count). The predicted octanol–water partition coefficient (Wildman–Crippen LogP) is 3.25. The molecule has 1 aliphatic rings. The number of para-hydroxylation sites is 2. The van der Waals surface area contributed by atoms with Crippen LogP contribution in [0, 0.1) is 11.3 Å². The Morgan fingerprint density at radius 1 is 1.06 bits per heavy atom. The van der Waals surface area contributed by atoms with Gasteiger partial charge in [-0.15, -0.1) is 6.58 Å². The first kappa shape index (κ1) is 22.4. The number of piperazine rings is 1. The van der Waals surface area contributed by atoms with E-state index >= 15 is 0 Å². The Morgan fingerprint density at radius 2 is 1.73 bits per heavy atom. The van der Waals surface area contributed by atoms with Crippen LogP contribution in [-0.4, -0.2) is 53.5 Å². The van der Waals surface area contributed by atoms with Crippen LogP contribution >= 0.6 is 0 Å². The van der Waals surface area contributed by atoms with Crippen molar-refractivity contribution in [1.29, 1.82) is 5.26 Å². The first-order chi connectivity index (χ1) is 16.2. The molecule has 0 aliphatic carbocycles. The van der Waals surface area contributed by atoms with Crippen molar-refractivity contribution in [3.63, 3.8) is 0 Å². The molecule has 0 saturated carbocycles. The maximum atomic E-state index is 12.8. The maximum Gasteiger partial charge on any atom is 0.243 e. The zero-order valence-electron chi connectivity index (χ0n) is 18.7. The lowest BCUT2D eigenvalue weighted by molar-refractivity contribution is -0.121. The summed E-state index contributed by atoms with van der Waals surface area (Å²) in [6.45, 7) is 8.25. The SMILES string of the molecule is C=CCCNC(=O)C(C#N)c1nc2ccccc2nc1N1CCN(Cc2ccccc2)CC1. The number of nitrogens with zero attached hydrogens (tertiary/aromatic N) is 5. The van der Waals surface area contributed by atoms with Gasteiger partial charge in [-0.25, -0.2) is 9.97 Å². The van der Waals surface area contributed by atoms with E-state index in [1.54, 1.807) is 6.08 Å². The molecular formula is C26H28N6O. The van der Waals surface area contributed by atoms with Crippen molar-refractivity contribution in [2.75, 3.05) is 37.6 Å². The summed E-state index contributed by atoms with van der Waals surface area (Å²) in [4.78, 5) is 27.0. The van der Waals surface area contributed by atoms with E-state index in [2.05, 4.69) is 52.0 Å². The van der Waals surface area contributed by atoms with Crippen LogP contribution in [-0.2, 0) is 11.3 Å². The zero-order valence-corrected chi connectivity index (χ0v) is 18.7. The lowest BCUT2D eigenvalue weighted by Gasteiger charge is -2.36. The van der Waals surface area contributed by atoms with E-state index in [0.29, 0.717) is 30.0 Å². The smallest absolute Gasteiger partial charge is 0.243 e. The highest BCUT2D eigenvalue weighted by molar-refractivity contribution is 5.88. The largest absolute Gasteiger partial charge is 0.354 e. The average molecular weight is 441 g/mol. The number of nitriles is 1. The standard InChI is InChI=1S/C26H28N6O/c1-2-3-13-28-26(33)21(18-27)24-25(30-23-12-8-7-11-22(23)29-24)32-16-14-31(15-17-32)19-20-9-5-4-6-10-20/h2,4-12,21H,1,3,13-17,19H2,(H,28,33). The molecule has 0 bridgehead atoms. The number of anilines is 1. The van der Waals surface area contributed by atoms with E-state index in [-0.39, 0.29) is 5.91 Å². The van der Waals surface area contributed by atoms with Crippen molar-refractivity contribution in [1.82, 2.24) is 20.2 Å². The van der Waals surface area contributed by atoms with Gasteiger partial charge in [0.1, 0.15) is 5.69 Å². The number of hydrogen-bond acceptors (Lipinski definition) is 6. The van der Waals surface area contributed by atoms with Gasteiger partial charge in [-0.05, 0) is 24.1 Å². The highest BCUT2D eigenvalue weighted by atomic mass is 16.1. The van der Waals surface area contributed by atoms with Gasteiger partial charge in [0.25, 0.3) is 0 Å². The third-order valence-corrected chi connectivity index (χ3v) is 5.81. The van der Waals surface area contributed by atoms with E-state index in [1.165, 1.54) is 5.56 Å². The molecule has 1 aromatic heterocycles. The van der Waals surface area contributed by atoms with Crippen molar-refractivity contribution in [3.05, 3.63) is 78.5 Å². The average Bonchev–Trinajstić information content (AvgIpc) is 2.85. The first-order valence-corrected chi connectivity index (χ1v) is 11.3. The monoisotopic (exact) mass is 440 g/mol. The van der Waals surface area contributed by atoms with Crippen molar-refractivity contribution in [3.8, 4) is 6.07 Å². The number of carbonyl (C=O) groups is 1. The van der Waals surface area contributed by atoms with Crippen LogP contribution in [0.25, 0.3) is 11.0 Å². The molecular weight excluding hydrogens is 412 g/mol. The third kappa shape index (κ3) is 5.36. The number of benzene rings is 2. The van der Waals surface area contributed by atoms with Crippen LogP contribution in [0.5, 0.6) is 0 Å². The van der Waals surface area contributed by atoms with Crippen molar-refractivity contribution >= 4 is 22.8 Å². The predicted molar refractivity (Wildman–Crippen MR) is 130 cm³/mol. The maximum absolute atomic E-state index is 12.8. The zero-order chi connectivity index (χ0) is 23.0. The van der Waals surface area contributed by atoms with Crippen molar-refractivity contribution in [2.24, 2.45) is 0 Å². The molecule has 1 aliphatic heterocycles. The highest BCUT2D eigenvalue weighted by Gasteiger charge is 2.30. The summed E-state index contributed by atoms with van der Waals surface area (Å²) in [5.74, 6) is -0.754. The van der Waals surface area contributed by atoms with Crippen LogP contribution in [0.15, 0.2) is 67.3 Å². The molecule has 1 amide bonds. The highest BCUT2D eigenvalue weighted by Crippen LogP contribution is 2.28. The number of rotatable bonds is 8. The topological polar surface area (TPSA) is 85.1 Å². The summed E-state index contributed by atoms with van der Waals surface area (Å²) in [7, 11) is 0. The number of carbonyl (C=O) groups excluding carboxylic acids is 1. The number of fused-ring (bicyclic) bond motifs is 1. The number of aromatic nitrogens is 2. The summed E-state index contributed by atoms with van der Waals surface area (Å²) in [6, 6.07) is 20.2. The summed E-state index contributed by atoms with van der Waals surface area (Å²) >= 11 is 0. The summed E-state index contributed by atoms with van der Waals surface area (Å²) < 4.78 is 0. The Bertz CT molecular complexity index is 1150. The second kappa shape index (κ2) is 10.7. The number of nitrogens with one attached hydrogen (secondary N) is 1. The Labute approximate surface area is 194 Å². The van der Waals surface area contributed by atoms with Gasteiger partial charge < -0.3 is 10.2 Å². The molecule has 33 heavy (non-hydrogen) atoms. The van der Waals surface area contributed by atoms with Gasteiger partial charge in [0.15, 0.2) is 11.7 Å². The fourth-order valence-corrected chi connectivity index (χ4v) is 4.03. The summed E-state index contributed by atoms with van der Waals surface area (Å²) in [6.07, 6.45) is 2.38. The summed E-state index contributed by atoms with van der Waals surface area (Å²) in [5.41, 5.74) is 3.14. The molecule has 1 atom stereocenters. The molecule has 7 heteroatoms. The Morgan fingerprint density at radius 3 is 2.39 bits per heavy atom. The molecule has 1 N–H and O–H groups in total. The first-order valence-electron chi connectivity index (χ1n) is 11.3. The van der Waals surface area contributed by atoms with Crippen LogP contribution in [0.2, 0.25) is 0 Å². The Hall–Kier alpha value is -3.76. The minimum absolute atomic E-state index is 0.354. The molecule has 2 heterocycles. The van der Waals surface area contributed by atoms with Crippen molar-refractivity contribution in [2.45, 2.75) is 18.9 Å². The van der Waals surface area contributed by atoms with E-state index in [9.17, 15) is 10.1 Å². The third-order valence-electron chi connectivity index (χ3n) is 5.81. The summed E-state index contributed by atoms with van der Waals surface area (Å²) in [5, 5.41) is 12.7. The molecule has 3 aromatic rings. The minimum atomic E-state index is -1.02. The Kier molecular flexibility index (Phi) is 7.28. The van der Waals surface area contributed by atoms with Gasteiger partial charge in [-0.1, -0.05) is 48.5 Å². The molecule has 7 nitrogen and oxygen atoms in total. The molecule has 1 saturated heterocycles. The van der Waals surface area contributed by atoms with Gasteiger partial charge in [0.2, 0.25) is 5.91 Å². The molecule has 1 unspecified atom stereocenters. The molecule has 168 valence electrons. The van der Waals surface area contributed by atoms with Gasteiger partial charge in [-0.2, -0.15) is 5.26 Å². The van der Waals surface area contributed by atoms with Gasteiger partial charge in [0, 0.05) is 39.3 Å². The molecule has 0 spiro atoms. The van der Waals surface area contributed by atoms with E-state index in [0.717, 1.165) is 38.2 Å². The van der Waals surface area contributed by atoms with E-state index in [1.807, 2.05) is 30.3 Å². The molecule has 2 aromatic carbocycles. The van der Waals surface area contributed by atoms with Crippen LogP contribution in [0.1, 0.15) is 23.6 Å². The van der Waals surface area contributed by atoms with Gasteiger partial charge in [0.05, 0.1) is 17.1 Å². The fraction of sp³-hybridized carbons (Fsp3) is 0.308. The lowest BCUT2D eigenvalue weighted by Crippen LogP contribution is -2.47. The molecule has 0 radical (unpaired) electrons. The van der Waals surface area contributed by atoms with Gasteiger partial charge in [-0.3, -0.25) is 9.69 Å². The minimum Gasteiger partial charge on any atom is -0.354 e. The second-order valence-corrected chi connectivity index (χ2v) is 8.10. The number of amides is 1. The van der Waals surface area contributed by atoms with Crippen molar-refractivity contribution < 1.29 is 4.79 Å². The van der Waals surface area contributed by atoms with Crippen LogP contribution in [0.3, 0.4) is 0 Å². The molecule has 1 fully saturated rings. The van der Waals surface area contributed by atoms with Crippen LogP contribution in [0.4, 0.5) is 5.82 Å². The number of hydrogen-bond donors (Lipinski definition) is 1. The quantitative estimate of drug-likeness (QED) is 0.428. The van der Waals surface area contributed by atoms with Crippen LogP contribution < -0.4 is 10.2 Å².